The van der Waals surface area contributed by atoms with E-state index in [4.69, 9.17) is 0 Å². The molecule has 0 aliphatic heterocycles. The molecular formula is C23H23N3O. The molecule has 0 spiro atoms. The van der Waals surface area contributed by atoms with Gasteiger partial charge in [0.05, 0.1) is 11.7 Å². The minimum Gasteiger partial charge on any atom is -0.378 e. The third-order valence-corrected chi connectivity index (χ3v) is 4.24. The molecular weight excluding hydrogens is 334 g/mol. The van der Waals surface area contributed by atoms with Crippen LogP contribution in [0.15, 0.2) is 85.1 Å². The summed E-state index contributed by atoms with van der Waals surface area (Å²) in [6.45, 7) is 0. The Hall–Kier alpha value is -3.40. The van der Waals surface area contributed by atoms with Crippen molar-refractivity contribution in [2.45, 2.75) is 6.04 Å². The SMILES string of the molecule is CN(C)c1ccc(C=CC(=O)NC(c2ccccc2)c2ccccn2)cc1. The Morgan fingerprint density at radius 1 is 0.963 bits per heavy atom. The number of rotatable bonds is 6. The third-order valence-electron chi connectivity index (χ3n) is 4.24. The number of pyridine rings is 1. The van der Waals surface area contributed by atoms with Gasteiger partial charge in [-0.05, 0) is 41.5 Å². The van der Waals surface area contributed by atoms with Crippen LogP contribution in [0.4, 0.5) is 5.69 Å². The van der Waals surface area contributed by atoms with Crippen molar-refractivity contribution in [2.75, 3.05) is 19.0 Å². The molecule has 0 aliphatic rings. The topological polar surface area (TPSA) is 45.2 Å². The number of carbonyl (C=O) groups excluding carboxylic acids is 1. The Balaban J connectivity index is 1.75. The molecule has 0 radical (unpaired) electrons. The molecule has 0 aliphatic carbocycles. The maximum absolute atomic E-state index is 12.5. The first-order valence-corrected chi connectivity index (χ1v) is 8.85. The molecule has 1 heterocycles. The first-order valence-electron chi connectivity index (χ1n) is 8.85. The van der Waals surface area contributed by atoms with Gasteiger partial charge in [-0.2, -0.15) is 0 Å². The summed E-state index contributed by atoms with van der Waals surface area (Å²) in [4.78, 5) is 19.0. The highest BCUT2D eigenvalue weighted by atomic mass is 16.1. The summed E-state index contributed by atoms with van der Waals surface area (Å²) in [6.07, 6.45) is 5.11. The van der Waals surface area contributed by atoms with Gasteiger partial charge in [0.25, 0.3) is 0 Å². The highest BCUT2D eigenvalue weighted by molar-refractivity contribution is 5.92. The summed E-state index contributed by atoms with van der Waals surface area (Å²) in [6, 6.07) is 23.3. The molecule has 0 saturated carbocycles. The largest absolute Gasteiger partial charge is 0.378 e. The van der Waals surface area contributed by atoms with Crippen molar-refractivity contribution in [3.8, 4) is 0 Å². The van der Waals surface area contributed by atoms with Gasteiger partial charge in [-0.1, -0.05) is 48.5 Å². The Morgan fingerprint density at radius 3 is 2.30 bits per heavy atom. The van der Waals surface area contributed by atoms with E-state index in [1.165, 1.54) is 0 Å². The normalized spacial score (nSPS) is 11.9. The average Bonchev–Trinajstić information content (AvgIpc) is 2.72. The van der Waals surface area contributed by atoms with Crippen LogP contribution in [-0.4, -0.2) is 25.0 Å². The molecule has 1 unspecified atom stereocenters. The van der Waals surface area contributed by atoms with E-state index in [0.717, 1.165) is 22.5 Å². The number of carbonyl (C=O) groups is 1. The van der Waals surface area contributed by atoms with E-state index >= 15 is 0 Å². The summed E-state index contributed by atoms with van der Waals surface area (Å²) in [5.74, 6) is -0.161. The molecule has 0 saturated heterocycles. The van der Waals surface area contributed by atoms with Crippen LogP contribution in [0.5, 0.6) is 0 Å². The second-order valence-corrected chi connectivity index (χ2v) is 6.43. The maximum Gasteiger partial charge on any atom is 0.244 e. The zero-order chi connectivity index (χ0) is 19.1. The predicted molar refractivity (Wildman–Crippen MR) is 110 cm³/mol. The van der Waals surface area contributed by atoms with E-state index in [2.05, 4.69) is 10.3 Å². The van der Waals surface area contributed by atoms with Crippen molar-refractivity contribution < 1.29 is 4.79 Å². The van der Waals surface area contributed by atoms with Crippen molar-refractivity contribution in [3.63, 3.8) is 0 Å². The average molecular weight is 357 g/mol. The van der Waals surface area contributed by atoms with Crippen molar-refractivity contribution in [2.24, 2.45) is 0 Å². The fourth-order valence-electron chi connectivity index (χ4n) is 2.77. The lowest BCUT2D eigenvalue weighted by Crippen LogP contribution is -2.28. The molecule has 3 rings (SSSR count). The van der Waals surface area contributed by atoms with Gasteiger partial charge in [-0.15, -0.1) is 0 Å². The molecule has 1 atom stereocenters. The lowest BCUT2D eigenvalue weighted by Gasteiger charge is -2.18. The van der Waals surface area contributed by atoms with Crippen LogP contribution in [0.3, 0.4) is 0 Å². The van der Waals surface area contributed by atoms with Gasteiger partial charge in [0.2, 0.25) is 5.91 Å². The Labute approximate surface area is 160 Å². The second kappa shape index (κ2) is 8.81. The van der Waals surface area contributed by atoms with E-state index < -0.39 is 0 Å². The van der Waals surface area contributed by atoms with E-state index in [9.17, 15) is 4.79 Å². The van der Waals surface area contributed by atoms with Crippen LogP contribution in [0.1, 0.15) is 22.9 Å². The summed E-state index contributed by atoms with van der Waals surface area (Å²) in [7, 11) is 4.00. The molecule has 4 heteroatoms. The standard InChI is InChI=1S/C23H23N3O/c1-26(2)20-14-11-18(12-15-20)13-16-22(27)25-23(19-8-4-3-5-9-19)21-10-6-7-17-24-21/h3-17,23H,1-2H3,(H,25,27). The molecule has 2 aromatic carbocycles. The highest BCUT2D eigenvalue weighted by Crippen LogP contribution is 2.20. The number of benzene rings is 2. The fraction of sp³-hybridized carbons (Fsp3) is 0.130. The predicted octanol–water partition coefficient (Wildman–Crippen LogP) is 4.07. The zero-order valence-electron chi connectivity index (χ0n) is 15.5. The van der Waals surface area contributed by atoms with Gasteiger partial charge in [0.1, 0.15) is 0 Å². The number of amides is 1. The minimum absolute atomic E-state index is 0.161. The monoisotopic (exact) mass is 357 g/mol. The van der Waals surface area contributed by atoms with Crippen LogP contribution in [-0.2, 0) is 4.79 Å². The molecule has 1 aromatic heterocycles. The summed E-state index contributed by atoms with van der Waals surface area (Å²) in [5.41, 5.74) is 3.90. The summed E-state index contributed by atoms with van der Waals surface area (Å²) < 4.78 is 0. The smallest absolute Gasteiger partial charge is 0.244 e. The quantitative estimate of drug-likeness (QED) is 0.677. The van der Waals surface area contributed by atoms with Gasteiger partial charge in [0.15, 0.2) is 0 Å². The number of hydrogen-bond donors (Lipinski definition) is 1. The third kappa shape index (κ3) is 5.05. The van der Waals surface area contributed by atoms with Crippen LogP contribution in [0.25, 0.3) is 6.08 Å². The minimum atomic E-state index is -0.291. The number of nitrogens with one attached hydrogen (secondary N) is 1. The van der Waals surface area contributed by atoms with Gasteiger partial charge >= 0.3 is 0 Å². The van der Waals surface area contributed by atoms with E-state index in [1.807, 2.05) is 97.9 Å². The molecule has 4 nitrogen and oxygen atoms in total. The molecule has 1 amide bonds. The van der Waals surface area contributed by atoms with Crippen LogP contribution >= 0.6 is 0 Å². The second-order valence-electron chi connectivity index (χ2n) is 6.43. The van der Waals surface area contributed by atoms with Crippen molar-refractivity contribution in [1.82, 2.24) is 10.3 Å². The Bertz CT molecular complexity index is 848. The van der Waals surface area contributed by atoms with Crippen LogP contribution in [0, 0.1) is 0 Å². The molecule has 27 heavy (non-hydrogen) atoms. The first-order chi connectivity index (χ1) is 13.1. The molecule has 136 valence electrons. The maximum atomic E-state index is 12.5. The number of nitrogens with zero attached hydrogens (tertiary/aromatic N) is 2. The number of hydrogen-bond acceptors (Lipinski definition) is 3. The van der Waals surface area contributed by atoms with Crippen molar-refractivity contribution in [1.29, 1.82) is 0 Å². The molecule has 1 N–H and O–H groups in total. The van der Waals surface area contributed by atoms with Gasteiger partial charge in [-0.3, -0.25) is 9.78 Å². The van der Waals surface area contributed by atoms with Crippen LogP contribution < -0.4 is 10.2 Å². The van der Waals surface area contributed by atoms with Crippen LogP contribution in [0.2, 0.25) is 0 Å². The Kier molecular flexibility index (Phi) is 6.00. The van der Waals surface area contributed by atoms with Gasteiger partial charge < -0.3 is 10.2 Å². The summed E-state index contributed by atoms with van der Waals surface area (Å²) >= 11 is 0. The zero-order valence-corrected chi connectivity index (χ0v) is 15.5. The van der Waals surface area contributed by atoms with Crippen molar-refractivity contribution in [3.05, 3.63) is 102 Å². The number of aromatic nitrogens is 1. The van der Waals surface area contributed by atoms with E-state index in [1.54, 1.807) is 12.3 Å². The lowest BCUT2D eigenvalue weighted by atomic mass is 10.0. The molecule has 0 bridgehead atoms. The first kappa shape index (κ1) is 18.4. The van der Waals surface area contributed by atoms with Gasteiger partial charge in [-0.25, -0.2) is 0 Å². The lowest BCUT2D eigenvalue weighted by molar-refractivity contribution is -0.116. The molecule has 3 aromatic rings. The van der Waals surface area contributed by atoms with Gasteiger partial charge in [0, 0.05) is 32.1 Å². The molecule has 0 fully saturated rings. The number of anilines is 1. The summed E-state index contributed by atoms with van der Waals surface area (Å²) in [5, 5.41) is 3.05. The fourth-order valence-corrected chi connectivity index (χ4v) is 2.77. The van der Waals surface area contributed by atoms with E-state index in [0.29, 0.717) is 0 Å². The van der Waals surface area contributed by atoms with Crippen molar-refractivity contribution >= 4 is 17.7 Å². The van der Waals surface area contributed by atoms with E-state index in [-0.39, 0.29) is 11.9 Å². The highest BCUT2D eigenvalue weighted by Gasteiger charge is 2.16. The Morgan fingerprint density at radius 2 is 1.67 bits per heavy atom.